The molecule has 2 aliphatic rings. The Morgan fingerprint density at radius 1 is 1.29 bits per heavy atom. The van der Waals surface area contributed by atoms with Crippen LogP contribution >= 0.6 is 23.4 Å². The second kappa shape index (κ2) is 7.77. The normalized spacial score (nSPS) is 17.8. The first kappa shape index (κ1) is 18.7. The van der Waals surface area contributed by atoms with E-state index in [1.165, 1.54) is 22.8 Å². The van der Waals surface area contributed by atoms with Crippen molar-refractivity contribution in [3.63, 3.8) is 0 Å². The monoisotopic (exact) mass is 412 g/mol. The predicted octanol–water partition coefficient (Wildman–Crippen LogP) is 5.41. The summed E-state index contributed by atoms with van der Waals surface area (Å²) in [5.74, 6) is 0.577. The van der Waals surface area contributed by atoms with Gasteiger partial charge in [0.25, 0.3) is 5.91 Å². The van der Waals surface area contributed by atoms with Crippen molar-refractivity contribution in [2.75, 3.05) is 0 Å². The molecule has 4 rings (SSSR count). The predicted molar refractivity (Wildman–Crippen MR) is 114 cm³/mol. The molecule has 0 fully saturated rings. The van der Waals surface area contributed by atoms with Gasteiger partial charge in [-0.15, -0.1) is 0 Å². The number of nitrogens with one attached hydrogen (secondary N) is 1. The zero-order valence-corrected chi connectivity index (χ0v) is 16.7. The van der Waals surface area contributed by atoms with E-state index in [4.69, 9.17) is 21.4 Å². The fourth-order valence-corrected chi connectivity index (χ4v) is 3.99. The number of amidine groups is 2. The molecule has 0 bridgehead atoms. The molecule has 0 saturated carbocycles. The minimum absolute atomic E-state index is 0.00434. The van der Waals surface area contributed by atoms with Crippen LogP contribution in [0.1, 0.15) is 31.9 Å². The van der Waals surface area contributed by atoms with Crippen molar-refractivity contribution in [2.24, 2.45) is 10.1 Å². The summed E-state index contributed by atoms with van der Waals surface area (Å²) in [6.07, 6.45) is 4.40. The van der Waals surface area contributed by atoms with E-state index in [2.05, 4.69) is 17.0 Å². The molecule has 0 spiro atoms. The van der Waals surface area contributed by atoms with Gasteiger partial charge >= 0.3 is 0 Å². The van der Waals surface area contributed by atoms with E-state index >= 15 is 0 Å². The number of benzene rings is 1. The number of hydrogen-bond donors (Lipinski definition) is 1. The largest absolute Gasteiger partial charge is 0.457 e. The average molecular weight is 413 g/mol. The van der Waals surface area contributed by atoms with Gasteiger partial charge < -0.3 is 4.42 Å². The van der Waals surface area contributed by atoms with Crippen LogP contribution in [0.25, 0.3) is 17.4 Å². The van der Waals surface area contributed by atoms with Gasteiger partial charge in [0.2, 0.25) is 5.17 Å². The molecule has 0 unspecified atom stereocenters. The third kappa shape index (κ3) is 3.55. The number of thioether (sulfide) groups is 1. The Morgan fingerprint density at radius 3 is 2.89 bits per heavy atom. The number of nitrogens with zero attached hydrogens (tertiary/aromatic N) is 3. The molecule has 2 aromatic rings. The summed E-state index contributed by atoms with van der Waals surface area (Å²) in [6, 6.07) is 10.9. The first-order valence-electron chi connectivity index (χ1n) is 8.90. The van der Waals surface area contributed by atoms with E-state index in [1.54, 1.807) is 18.2 Å². The van der Waals surface area contributed by atoms with Crippen LogP contribution in [-0.2, 0) is 4.79 Å². The molecule has 8 heteroatoms. The summed E-state index contributed by atoms with van der Waals surface area (Å²) in [5, 5.41) is 16.1. The zero-order chi connectivity index (χ0) is 19.7. The fourth-order valence-electron chi connectivity index (χ4n) is 2.84. The summed E-state index contributed by atoms with van der Waals surface area (Å²) in [5.41, 5.74) is 0.908. The molecule has 1 N–H and O–H groups in total. The summed E-state index contributed by atoms with van der Waals surface area (Å²) in [4.78, 5) is 16.5. The van der Waals surface area contributed by atoms with Crippen molar-refractivity contribution in [2.45, 2.75) is 26.2 Å². The Kier molecular flexibility index (Phi) is 5.19. The molecule has 1 amide bonds. The third-order valence-corrected chi connectivity index (χ3v) is 5.59. The Balaban J connectivity index is 1.61. The molecule has 0 atom stereocenters. The number of carbonyl (C=O) groups is 1. The number of rotatable bonds is 5. The van der Waals surface area contributed by atoms with Crippen molar-refractivity contribution >= 4 is 51.4 Å². The number of hydrogen-bond acceptors (Lipinski definition) is 5. The van der Waals surface area contributed by atoms with Gasteiger partial charge in [-0.2, -0.15) is 15.1 Å². The molecule has 1 aromatic heterocycles. The van der Waals surface area contributed by atoms with Crippen molar-refractivity contribution in [3.05, 3.63) is 52.8 Å². The van der Waals surface area contributed by atoms with E-state index in [-0.39, 0.29) is 11.4 Å². The number of unbranched alkanes of at least 4 members (excludes halogenated alkanes) is 1. The molecule has 6 nitrogen and oxygen atoms in total. The van der Waals surface area contributed by atoms with Gasteiger partial charge in [0.15, 0.2) is 5.84 Å². The van der Waals surface area contributed by atoms with Gasteiger partial charge in [0.05, 0.1) is 10.6 Å². The third-order valence-electron chi connectivity index (χ3n) is 4.29. The van der Waals surface area contributed by atoms with E-state index < -0.39 is 5.91 Å². The highest BCUT2D eigenvalue weighted by Crippen LogP contribution is 2.32. The highest BCUT2D eigenvalue weighted by Gasteiger charge is 2.35. The van der Waals surface area contributed by atoms with E-state index in [0.717, 1.165) is 29.9 Å². The second-order valence-electron chi connectivity index (χ2n) is 6.30. The number of fused-ring (bicyclic) bond motifs is 1. The van der Waals surface area contributed by atoms with Crippen molar-refractivity contribution in [1.82, 2.24) is 5.01 Å². The maximum absolute atomic E-state index is 12.5. The fraction of sp³-hybridized carbons (Fsp3) is 0.200. The van der Waals surface area contributed by atoms with Crippen LogP contribution in [0.3, 0.4) is 0 Å². The Hall–Kier alpha value is -2.64. The molecule has 0 radical (unpaired) electrons. The molecule has 28 heavy (non-hydrogen) atoms. The van der Waals surface area contributed by atoms with Crippen molar-refractivity contribution < 1.29 is 9.21 Å². The summed E-state index contributed by atoms with van der Waals surface area (Å²) in [6.45, 7) is 2.11. The van der Waals surface area contributed by atoms with Crippen LogP contribution in [0.4, 0.5) is 0 Å². The lowest BCUT2D eigenvalue weighted by Gasteiger charge is -2.19. The highest BCUT2D eigenvalue weighted by molar-refractivity contribution is 8.26. The maximum atomic E-state index is 12.5. The smallest absolute Gasteiger partial charge is 0.283 e. The van der Waals surface area contributed by atoms with Gasteiger partial charge in [0.1, 0.15) is 16.6 Å². The molecule has 3 heterocycles. The molecule has 1 aromatic carbocycles. The molecular weight excluding hydrogens is 396 g/mol. The van der Waals surface area contributed by atoms with Crippen LogP contribution in [0.5, 0.6) is 0 Å². The molecule has 142 valence electrons. The standard InChI is InChI=1S/C20H17ClN4O2S/c1-2-3-8-17-24-25-18(22)14(19(26)23-20(25)28-17)11-12-9-10-16(27-12)13-6-4-5-7-15(13)21/h4-7,9-11,22H,2-3,8H2,1H3/b14-11-,22-18?. The number of amides is 1. The number of aliphatic imine (C=N–C) groups is 1. The summed E-state index contributed by atoms with van der Waals surface area (Å²) >= 11 is 7.56. The quantitative estimate of drug-likeness (QED) is 0.665. The van der Waals surface area contributed by atoms with E-state index in [0.29, 0.717) is 21.7 Å². The lowest BCUT2D eigenvalue weighted by atomic mass is 10.1. The number of furan rings is 1. The minimum atomic E-state index is -0.466. The first-order chi connectivity index (χ1) is 13.6. The topological polar surface area (TPSA) is 82.0 Å². The lowest BCUT2D eigenvalue weighted by Crippen LogP contribution is -2.35. The zero-order valence-electron chi connectivity index (χ0n) is 15.1. The van der Waals surface area contributed by atoms with Gasteiger partial charge in [-0.25, -0.2) is 0 Å². The summed E-state index contributed by atoms with van der Waals surface area (Å²) < 4.78 is 5.82. The second-order valence-corrected chi connectivity index (χ2v) is 7.75. The number of halogens is 1. The SMILES string of the molecule is CCCCC1=NN2C(=N)/C(=C/c3ccc(-c4ccccc4Cl)o3)C(=O)N=C2S1. The average Bonchev–Trinajstić information content (AvgIpc) is 3.31. The first-order valence-corrected chi connectivity index (χ1v) is 10.1. The Labute approximate surface area is 171 Å². The summed E-state index contributed by atoms with van der Waals surface area (Å²) in [7, 11) is 0. The molecule has 0 saturated heterocycles. The molecule has 2 aliphatic heterocycles. The van der Waals surface area contributed by atoms with E-state index in [1.807, 2.05) is 18.2 Å². The highest BCUT2D eigenvalue weighted by atomic mass is 35.5. The van der Waals surface area contributed by atoms with Crippen LogP contribution in [0, 0.1) is 5.41 Å². The minimum Gasteiger partial charge on any atom is -0.457 e. The number of carbonyl (C=O) groups excluding carboxylic acids is 1. The number of hydrazone groups is 1. The van der Waals surface area contributed by atoms with Gasteiger partial charge in [-0.05, 0) is 54.9 Å². The van der Waals surface area contributed by atoms with E-state index in [9.17, 15) is 4.79 Å². The molecule has 0 aliphatic carbocycles. The Bertz CT molecular complexity index is 1050. The molecular formula is C20H17ClN4O2S. The van der Waals surface area contributed by atoms with Crippen LogP contribution in [-0.4, -0.2) is 27.0 Å². The van der Waals surface area contributed by atoms with Gasteiger partial charge in [-0.1, -0.05) is 37.1 Å². The van der Waals surface area contributed by atoms with Gasteiger partial charge in [0, 0.05) is 5.56 Å². The van der Waals surface area contributed by atoms with Crippen molar-refractivity contribution in [3.8, 4) is 11.3 Å². The maximum Gasteiger partial charge on any atom is 0.283 e. The van der Waals surface area contributed by atoms with Gasteiger partial charge in [-0.3, -0.25) is 10.2 Å². The van der Waals surface area contributed by atoms with Crippen LogP contribution in [0.2, 0.25) is 5.02 Å². The Morgan fingerprint density at radius 2 is 2.11 bits per heavy atom. The van der Waals surface area contributed by atoms with Crippen LogP contribution in [0.15, 0.2) is 56.5 Å². The van der Waals surface area contributed by atoms with Crippen LogP contribution < -0.4 is 0 Å². The van der Waals surface area contributed by atoms with Crippen molar-refractivity contribution in [1.29, 1.82) is 5.41 Å². The lowest BCUT2D eigenvalue weighted by molar-refractivity contribution is -0.114.